The molecule has 1 unspecified atom stereocenters. The van der Waals surface area contributed by atoms with Crippen LogP contribution in [0.5, 0.6) is 0 Å². The van der Waals surface area contributed by atoms with Crippen LogP contribution in [-0.2, 0) is 12.0 Å². The number of hydrogen-bond donors (Lipinski definition) is 1. The van der Waals surface area contributed by atoms with Gasteiger partial charge in [-0.2, -0.15) is 0 Å². The van der Waals surface area contributed by atoms with Crippen LogP contribution in [0.3, 0.4) is 0 Å². The molecule has 1 aliphatic rings. The average molecular weight is 289 g/mol. The van der Waals surface area contributed by atoms with Gasteiger partial charge in [-0.15, -0.1) is 0 Å². The Kier molecular flexibility index (Phi) is 4.92. The molecule has 0 saturated carbocycles. The van der Waals surface area contributed by atoms with Crippen molar-refractivity contribution in [3.05, 3.63) is 23.4 Å². The first-order chi connectivity index (χ1) is 9.82. The van der Waals surface area contributed by atoms with E-state index in [0.29, 0.717) is 12.0 Å². The van der Waals surface area contributed by atoms with Gasteiger partial charge in [-0.3, -0.25) is 0 Å². The van der Waals surface area contributed by atoms with Crippen LogP contribution in [0.1, 0.15) is 58.7 Å². The molecular weight excluding hydrogens is 258 g/mol. The molecule has 1 aromatic rings. The standard InChI is InChI=1S/C18H31N3/c1-13(2)15-8-7-9-21(15)17-11-14(12-19-6)10-16(20-17)18(3,4)5/h10-11,13,15,19H,7-9,12H2,1-6H3. The van der Waals surface area contributed by atoms with E-state index < -0.39 is 0 Å². The van der Waals surface area contributed by atoms with Gasteiger partial charge >= 0.3 is 0 Å². The van der Waals surface area contributed by atoms with Crippen molar-refractivity contribution >= 4 is 5.82 Å². The fraction of sp³-hybridized carbons (Fsp3) is 0.722. The lowest BCUT2D eigenvalue weighted by molar-refractivity contribution is 0.487. The lowest BCUT2D eigenvalue weighted by Crippen LogP contribution is -2.34. The average Bonchev–Trinajstić information content (AvgIpc) is 2.87. The highest BCUT2D eigenvalue weighted by atomic mass is 15.2. The molecule has 0 aromatic carbocycles. The summed E-state index contributed by atoms with van der Waals surface area (Å²) in [6, 6.07) is 5.16. The minimum Gasteiger partial charge on any atom is -0.353 e. The molecule has 0 amide bonds. The Morgan fingerprint density at radius 3 is 2.62 bits per heavy atom. The zero-order valence-electron chi connectivity index (χ0n) is 14.5. The highest BCUT2D eigenvalue weighted by molar-refractivity contribution is 5.46. The Bertz CT molecular complexity index is 474. The summed E-state index contributed by atoms with van der Waals surface area (Å²) in [5.74, 6) is 1.85. The van der Waals surface area contributed by atoms with E-state index in [0.717, 1.165) is 13.1 Å². The summed E-state index contributed by atoms with van der Waals surface area (Å²) in [6.45, 7) is 13.4. The molecule has 1 atom stereocenters. The minimum absolute atomic E-state index is 0.0888. The molecule has 1 saturated heterocycles. The Hall–Kier alpha value is -1.09. The molecule has 1 fully saturated rings. The van der Waals surface area contributed by atoms with Crippen LogP contribution in [0.15, 0.2) is 12.1 Å². The Labute approximate surface area is 130 Å². The molecule has 21 heavy (non-hydrogen) atoms. The van der Waals surface area contributed by atoms with Gasteiger partial charge in [-0.25, -0.2) is 4.98 Å². The molecule has 1 N–H and O–H groups in total. The van der Waals surface area contributed by atoms with E-state index in [1.807, 2.05) is 7.05 Å². The summed E-state index contributed by atoms with van der Waals surface area (Å²) in [5, 5.41) is 3.27. The van der Waals surface area contributed by atoms with Gasteiger partial charge in [0.05, 0.1) is 0 Å². The third kappa shape index (κ3) is 3.76. The smallest absolute Gasteiger partial charge is 0.129 e. The lowest BCUT2D eigenvalue weighted by Gasteiger charge is -2.30. The third-order valence-electron chi connectivity index (χ3n) is 4.38. The van der Waals surface area contributed by atoms with E-state index in [9.17, 15) is 0 Å². The molecule has 0 spiro atoms. The normalized spacial score (nSPS) is 19.6. The fourth-order valence-corrected chi connectivity index (χ4v) is 3.18. The number of aromatic nitrogens is 1. The summed E-state index contributed by atoms with van der Waals surface area (Å²) in [7, 11) is 2.00. The van der Waals surface area contributed by atoms with Crippen molar-refractivity contribution in [2.45, 2.75) is 65.5 Å². The molecule has 2 rings (SSSR count). The summed E-state index contributed by atoms with van der Waals surface area (Å²) >= 11 is 0. The fourth-order valence-electron chi connectivity index (χ4n) is 3.18. The molecule has 3 heteroatoms. The van der Waals surface area contributed by atoms with Crippen LogP contribution in [0, 0.1) is 5.92 Å². The van der Waals surface area contributed by atoms with Crippen LogP contribution >= 0.6 is 0 Å². The van der Waals surface area contributed by atoms with E-state index in [-0.39, 0.29) is 5.41 Å². The van der Waals surface area contributed by atoms with E-state index in [4.69, 9.17) is 4.98 Å². The number of nitrogens with one attached hydrogen (secondary N) is 1. The zero-order valence-corrected chi connectivity index (χ0v) is 14.5. The summed E-state index contributed by atoms with van der Waals surface area (Å²) in [5.41, 5.74) is 2.62. The van der Waals surface area contributed by atoms with E-state index in [1.54, 1.807) is 0 Å². The van der Waals surface area contributed by atoms with E-state index in [1.165, 1.54) is 29.9 Å². The van der Waals surface area contributed by atoms with Crippen LogP contribution in [0.25, 0.3) is 0 Å². The number of hydrogen-bond acceptors (Lipinski definition) is 3. The Morgan fingerprint density at radius 1 is 1.33 bits per heavy atom. The quantitative estimate of drug-likeness (QED) is 0.915. The van der Waals surface area contributed by atoms with Crippen LogP contribution in [0.4, 0.5) is 5.82 Å². The molecule has 0 radical (unpaired) electrons. The van der Waals surface area contributed by atoms with Gasteiger partial charge in [0.25, 0.3) is 0 Å². The minimum atomic E-state index is 0.0888. The van der Waals surface area contributed by atoms with E-state index >= 15 is 0 Å². The van der Waals surface area contributed by atoms with Gasteiger partial charge in [0.1, 0.15) is 5.82 Å². The van der Waals surface area contributed by atoms with Crippen molar-refractivity contribution in [1.82, 2.24) is 10.3 Å². The molecule has 1 aromatic heterocycles. The van der Waals surface area contributed by atoms with E-state index in [2.05, 4.69) is 57.0 Å². The third-order valence-corrected chi connectivity index (χ3v) is 4.38. The zero-order chi connectivity index (χ0) is 15.6. The predicted molar refractivity (Wildman–Crippen MR) is 90.9 cm³/mol. The molecule has 1 aliphatic heterocycles. The lowest BCUT2D eigenvalue weighted by atomic mass is 9.90. The topological polar surface area (TPSA) is 28.2 Å². The van der Waals surface area contributed by atoms with Gasteiger partial charge in [-0.05, 0) is 43.5 Å². The second-order valence-corrected chi connectivity index (χ2v) is 7.65. The second-order valence-electron chi connectivity index (χ2n) is 7.65. The van der Waals surface area contributed by atoms with Gasteiger partial charge in [-0.1, -0.05) is 34.6 Å². The summed E-state index contributed by atoms with van der Waals surface area (Å²) in [4.78, 5) is 7.53. The first-order valence-electron chi connectivity index (χ1n) is 8.25. The monoisotopic (exact) mass is 289 g/mol. The molecule has 118 valence electrons. The van der Waals surface area contributed by atoms with Gasteiger partial charge in [0.15, 0.2) is 0 Å². The van der Waals surface area contributed by atoms with Crippen molar-refractivity contribution in [3.8, 4) is 0 Å². The molecule has 3 nitrogen and oxygen atoms in total. The predicted octanol–water partition coefficient (Wildman–Crippen LogP) is 3.72. The van der Waals surface area contributed by atoms with Gasteiger partial charge in [0.2, 0.25) is 0 Å². The van der Waals surface area contributed by atoms with Crippen molar-refractivity contribution in [1.29, 1.82) is 0 Å². The van der Waals surface area contributed by atoms with Crippen molar-refractivity contribution in [3.63, 3.8) is 0 Å². The molecular formula is C18H31N3. The largest absolute Gasteiger partial charge is 0.353 e. The maximum absolute atomic E-state index is 5.00. The van der Waals surface area contributed by atoms with Gasteiger partial charge < -0.3 is 10.2 Å². The summed E-state index contributed by atoms with van der Waals surface area (Å²) < 4.78 is 0. The molecule has 2 heterocycles. The molecule has 0 bridgehead atoms. The summed E-state index contributed by atoms with van der Waals surface area (Å²) in [6.07, 6.45) is 2.58. The van der Waals surface area contributed by atoms with Crippen LogP contribution < -0.4 is 10.2 Å². The second kappa shape index (κ2) is 6.35. The van der Waals surface area contributed by atoms with Crippen LogP contribution in [0.2, 0.25) is 0 Å². The highest BCUT2D eigenvalue weighted by Gasteiger charge is 2.29. The van der Waals surface area contributed by atoms with Crippen molar-refractivity contribution in [2.75, 3.05) is 18.5 Å². The number of nitrogens with zero attached hydrogens (tertiary/aromatic N) is 2. The van der Waals surface area contributed by atoms with Gasteiger partial charge in [0, 0.05) is 30.2 Å². The van der Waals surface area contributed by atoms with Crippen LogP contribution in [-0.4, -0.2) is 24.6 Å². The highest BCUT2D eigenvalue weighted by Crippen LogP contribution is 2.31. The Balaban J connectivity index is 2.40. The van der Waals surface area contributed by atoms with Crippen molar-refractivity contribution in [2.24, 2.45) is 5.92 Å². The first-order valence-corrected chi connectivity index (χ1v) is 8.25. The first kappa shape index (κ1) is 16.3. The number of anilines is 1. The maximum atomic E-state index is 5.00. The SMILES string of the molecule is CNCc1cc(N2CCCC2C(C)C)nc(C(C)(C)C)c1. The Morgan fingerprint density at radius 2 is 2.05 bits per heavy atom. The number of rotatable bonds is 4. The van der Waals surface area contributed by atoms with Crippen molar-refractivity contribution < 1.29 is 0 Å². The molecule has 0 aliphatic carbocycles. The number of pyridine rings is 1. The maximum Gasteiger partial charge on any atom is 0.129 e.